The monoisotopic (exact) mass is 391 g/mol. The third-order valence-corrected chi connectivity index (χ3v) is 3.52. The molecule has 0 fully saturated rings. The van der Waals surface area contributed by atoms with Crippen LogP contribution in [0.1, 0.15) is 34.6 Å². The van der Waals surface area contributed by atoms with Gasteiger partial charge in [-0.2, -0.15) is 0 Å². The number of ether oxygens (including phenoxy) is 3. The first-order chi connectivity index (χ1) is 13.0. The summed E-state index contributed by atoms with van der Waals surface area (Å²) in [6, 6.07) is 5.18. The Balaban J connectivity index is 2.05. The van der Waals surface area contributed by atoms with Gasteiger partial charge in [0.05, 0.1) is 10.9 Å². The predicted octanol–water partition coefficient (Wildman–Crippen LogP) is 3.24. The fourth-order valence-electron chi connectivity index (χ4n) is 2.18. The Morgan fingerprint density at radius 1 is 1.11 bits per heavy atom. The number of anilines is 1. The van der Waals surface area contributed by atoms with E-state index in [4.69, 9.17) is 14.2 Å². The number of carboxylic acid groups (broad SMARTS) is 1. The fourth-order valence-corrected chi connectivity index (χ4v) is 2.18. The first-order valence-electron chi connectivity index (χ1n) is 8.73. The summed E-state index contributed by atoms with van der Waals surface area (Å²) in [5.41, 5.74) is -0.555. The van der Waals surface area contributed by atoms with Gasteiger partial charge in [0.25, 0.3) is 0 Å². The second-order valence-corrected chi connectivity index (χ2v) is 7.63. The van der Waals surface area contributed by atoms with Crippen LogP contribution in [0.5, 0.6) is 5.88 Å². The number of nitrogens with zero attached hydrogens (tertiary/aromatic N) is 2. The van der Waals surface area contributed by atoms with Crippen LogP contribution in [0.15, 0.2) is 24.5 Å². The van der Waals surface area contributed by atoms with Crippen LogP contribution < -0.4 is 10.1 Å². The number of hydrogen-bond acceptors (Lipinski definition) is 8. The molecule has 0 radical (unpaired) electrons. The van der Waals surface area contributed by atoms with Gasteiger partial charge in [0.15, 0.2) is 0 Å². The largest absolute Gasteiger partial charge is 0.508 e. The van der Waals surface area contributed by atoms with Crippen molar-refractivity contribution in [1.82, 2.24) is 9.97 Å². The maximum atomic E-state index is 11.5. The van der Waals surface area contributed by atoms with Crippen molar-refractivity contribution in [3.05, 3.63) is 24.5 Å². The molecule has 9 heteroatoms. The standard InChI is InChI=1S/C19H25N3O6/c1-18(2,3)28-17(25)27-9-8-26-15-13-10-12(22-19(4,5)16(23)24)6-7-14(13)20-11-21-15/h6-7,10-11,22H,8-9H2,1-5H3,(H,23,24). The summed E-state index contributed by atoms with van der Waals surface area (Å²) in [5, 5.41) is 12.8. The SMILES string of the molecule is CC(C)(C)OC(=O)OCCOc1ncnc2ccc(NC(C)(C)C(=O)O)cc12. The van der Waals surface area contributed by atoms with E-state index in [0.717, 1.165) is 0 Å². The molecule has 2 rings (SSSR count). The summed E-state index contributed by atoms with van der Waals surface area (Å²) >= 11 is 0. The highest BCUT2D eigenvalue weighted by molar-refractivity contribution is 5.88. The third kappa shape index (κ3) is 5.97. The quantitative estimate of drug-likeness (QED) is 0.541. The molecule has 0 spiro atoms. The minimum atomic E-state index is -1.15. The number of carboxylic acids is 1. The lowest BCUT2D eigenvalue weighted by Gasteiger charge is -2.22. The van der Waals surface area contributed by atoms with Gasteiger partial charge in [-0.25, -0.2) is 19.6 Å². The molecule has 28 heavy (non-hydrogen) atoms. The van der Waals surface area contributed by atoms with Crippen LogP contribution in [-0.4, -0.2) is 51.6 Å². The van der Waals surface area contributed by atoms with Gasteiger partial charge in [-0.05, 0) is 52.8 Å². The number of aliphatic carboxylic acids is 1. The van der Waals surface area contributed by atoms with Gasteiger partial charge in [0, 0.05) is 5.69 Å². The van der Waals surface area contributed by atoms with Gasteiger partial charge in [0.1, 0.15) is 30.7 Å². The van der Waals surface area contributed by atoms with Crippen molar-refractivity contribution in [2.45, 2.75) is 45.8 Å². The van der Waals surface area contributed by atoms with E-state index < -0.39 is 23.3 Å². The Kier molecular flexibility index (Phi) is 6.27. The Morgan fingerprint density at radius 2 is 1.82 bits per heavy atom. The fraction of sp³-hybridized carbons (Fsp3) is 0.474. The molecule has 1 heterocycles. The molecule has 2 N–H and O–H groups in total. The van der Waals surface area contributed by atoms with E-state index in [9.17, 15) is 14.7 Å². The van der Waals surface area contributed by atoms with Gasteiger partial charge >= 0.3 is 12.1 Å². The molecule has 0 amide bonds. The molecule has 1 aromatic heterocycles. The van der Waals surface area contributed by atoms with Gasteiger partial charge < -0.3 is 24.6 Å². The number of carbonyl (C=O) groups excluding carboxylic acids is 1. The van der Waals surface area contributed by atoms with Crippen LogP contribution in [0, 0.1) is 0 Å². The molecule has 0 saturated carbocycles. The number of carbonyl (C=O) groups is 2. The molecule has 0 aliphatic carbocycles. The van der Waals surface area contributed by atoms with E-state index in [2.05, 4.69) is 15.3 Å². The normalized spacial score (nSPS) is 11.8. The number of aromatic nitrogens is 2. The van der Waals surface area contributed by atoms with Gasteiger partial charge in [0.2, 0.25) is 5.88 Å². The minimum absolute atomic E-state index is 0.00953. The predicted molar refractivity (Wildman–Crippen MR) is 103 cm³/mol. The van der Waals surface area contributed by atoms with Crippen molar-refractivity contribution in [3.63, 3.8) is 0 Å². The summed E-state index contributed by atoms with van der Waals surface area (Å²) in [4.78, 5) is 31.1. The Bertz CT molecular complexity index is 860. The molecule has 0 aliphatic heterocycles. The smallest absolute Gasteiger partial charge is 0.480 e. The molecule has 0 bridgehead atoms. The van der Waals surface area contributed by atoms with Crippen molar-refractivity contribution >= 4 is 28.7 Å². The molecule has 0 aliphatic rings. The van der Waals surface area contributed by atoms with Crippen molar-refractivity contribution in [2.75, 3.05) is 18.5 Å². The average molecular weight is 391 g/mol. The summed E-state index contributed by atoms with van der Waals surface area (Å²) in [7, 11) is 0. The van der Waals surface area contributed by atoms with Crippen LogP contribution in [0.2, 0.25) is 0 Å². The van der Waals surface area contributed by atoms with Gasteiger partial charge in [-0.1, -0.05) is 0 Å². The molecule has 0 saturated heterocycles. The van der Waals surface area contributed by atoms with E-state index in [1.54, 1.807) is 52.8 Å². The second-order valence-electron chi connectivity index (χ2n) is 7.63. The Labute approximate surface area is 163 Å². The topological polar surface area (TPSA) is 120 Å². The number of nitrogens with one attached hydrogen (secondary N) is 1. The van der Waals surface area contributed by atoms with Crippen molar-refractivity contribution < 1.29 is 28.9 Å². The lowest BCUT2D eigenvalue weighted by atomic mass is 10.1. The summed E-state index contributed by atoms with van der Waals surface area (Å²) < 4.78 is 15.6. The highest BCUT2D eigenvalue weighted by atomic mass is 16.7. The lowest BCUT2D eigenvalue weighted by molar-refractivity contribution is -0.141. The van der Waals surface area contributed by atoms with Crippen LogP contribution >= 0.6 is 0 Å². The van der Waals surface area contributed by atoms with Gasteiger partial charge in [-0.15, -0.1) is 0 Å². The zero-order valence-electron chi connectivity index (χ0n) is 16.6. The average Bonchev–Trinajstić information content (AvgIpc) is 2.57. The number of hydrogen-bond donors (Lipinski definition) is 2. The maximum absolute atomic E-state index is 11.5. The Hall–Kier alpha value is -3.10. The van der Waals surface area contributed by atoms with Crippen LogP contribution in [0.25, 0.3) is 10.9 Å². The maximum Gasteiger partial charge on any atom is 0.508 e. The van der Waals surface area contributed by atoms with E-state index in [0.29, 0.717) is 22.5 Å². The first kappa shape index (κ1) is 21.2. The second kappa shape index (κ2) is 8.28. The van der Waals surface area contributed by atoms with Crippen molar-refractivity contribution in [1.29, 1.82) is 0 Å². The molecule has 152 valence electrons. The van der Waals surface area contributed by atoms with Crippen LogP contribution in [0.4, 0.5) is 10.5 Å². The summed E-state index contributed by atoms with van der Waals surface area (Å²) in [5.74, 6) is -0.678. The molecule has 0 unspecified atom stereocenters. The molecule has 1 aromatic carbocycles. The summed E-state index contributed by atoms with van der Waals surface area (Å²) in [6.45, 7) is 8.42. The molecule has 2 aromatic rings. The minimum Gasteiger partial charge on any atom is -0.480 e. The highest BCUT2D eigenvalue weighted by Gasteiger charge is 2.26. The van der Waals surface area contributed by atoms with Crippen molar-refractivity contribution in [2.24, 2.45) is 0 Å². The van der Waals surface area contributed by atoms with Crippen molar-refractivity contribution in [3.8, 4) is 5.88 Å². The lowest BCUT2D eigenvalue weighted by Crippen LogP contribution is -2.39. The van der Waals surface area contributed by atoms with Crippen LogP contribution in [0.3, 0.4) is 0 Å². The molecule has 0 atom stereocenters. The van der Waals surface area contributed by atoms with Gasteiger partial charge in [-0.3, -0.25) is 0 Å². The molecule has 9 nitrogen and oxygen atoms in total. The van der Waals surface area contributed by atoms with E-state index in [1.165, 1.54) is 6.33 Å². The first-order valence-corrected chi connectivity index (χ1v) is 8.73. The Morgan fingerprint density at radius 3 is 2.46 bits per heavy atom. The van der Waals surface area contributed by atoms with E-state index in [-0.39, 0.29) is 13.2 Å². The van der Waals surface area contributed by atoms with E-state index in [1.807, 2.05) is 0 Å². The molecular weight excluding hydrogens is 366 g/mol. The molecular formula is C19H25N3O6. The zero-order chi connectivity index (χ0) is 20.9. The third-order valence-electron chi connectivity index (χ3n) is 3.52. The van der Waals surface area contributed by atoms with E-state index >= 15 is 0 Å². The number of rotatable bonds is 7. The number of fused-ring (bicyclic) bond motifs is 1. The summed E-state index contributed by atoms with van der Waals surface area (Å²) in [6.07, 6.45) is 0.590. The highest BCUT2D eigenvalue weighted by Crippen LogP contribution is 2.26. The zero-order valence-corrected chi connectivity index (χ0v) is 16.6. The number of benzene rings is 1. The van der Waals surface area contributed by atoms with Crippen LogP contribution in [-0.2, 0) is 14.3 Å².